The topological polar surface area (TPSA) is 12.5 Å². The highest BCUT2D eigenvalue weighted by Gasteiger charge is 2.17. The Balaban J connectivity index is 1.48. The summed E-state index contributed by atoms with van der Waals surface area (Å²) >= 11 is 0. The molecule has 112 valence electrons. The molecular weight excluding hydrogens is 258 g/mol. The van der Waals surface area contributed by atoms with E-state index in [1.54, 1.807) is 0 Å². The van der Waals surface area contributed by atoms with Gasteiger partial charge in [0, 0.05) is 12.6 Å². The summed E-state index contributed by atoms with van der Waals surface area (Å²) in [7, 11) is 0. The monoisotopic (exact) mass is 283 g/mol. The average molecular weight is 283 g/mol. The first-order valence-electron chi connectivity index (χ1n) is 8.18. The third-order valence-electron chi connectivity index (χ3n) is 4.52. The molecule has 2 nitrogen and oxygen atoms in total. The van der Waals surface area contributed by atoms with Crippen molar-refractivity contribution in [2.24, 2.45) is 0 Å². The van der Waals surface area contributed by atoms with Gasteiger partial charge in [-0.1, -0.05) is 36.8 Å². The molecule has 1 fully saturated rings. The van der Waals surface area contributed by atoms with E-state index in [4.69, 9.17) is 4.74 Å². The molecule has 2 heteroatoms. The quantitative estimate of drug-likeness (QED) is 0.750. The van der Waals surface area contributed by atoms with Crippen molar-refractivity contribution in [2.75, 3.05) is 19.7 Å². The van der Waals surface area contributed by atoms with Gasteiger partial charge in [-0.15, -0.1) is 0 Å². The molecule has 0 radical (unpaired) electrons. The molecule has 0 aromatic heterocycles. The molecule has 21 heavy (non-hydrogen) atoms. The molecule has 0 aliphatic carbocycles. The minimum Gasteiger partial charge on any atom is -0.494 e. The van der Waals surface area contributed by atoms with Crippen molar-refractivity contribution in [1.82, 2.24) is 4.90 Å². The fraction of sp³-hybridized carbons (Fsp3) is 0.474. The lowest BCUT2D eigenvalue weighted by molar-refractivity contribution is 0.148. The average Bonchev–Trinajstić information content (AvgIpc) is 2.53. The van der Waals surface area contributed by atoms with E-state index >= 15 is 0 Å². The Labute approximate surface area is 127 Å². The summed E-state index contributed by atoms with van der Waals surface area (Å²) in [5.74, 6) is 0.986. The smallest absolute Gasteiger partial charge is 0.119 e. The van der Waals surface area contributed by atoms with Crippen LogP contribution in [0.3, 0.4) is 0 Å². The molecule has 1 aliphatic rings. The molecule has 1 atom stereocenters. The summed E-state index contributed by atoms with van der Waals surface area (Å²) in [5, 5.41) is 2.52. The first kappa shape index (κ1) is 14.4. The van der Waals surface area contributed by atoms with Crippen LogP contribution in [0.5, 0.6) is 5.75 Å². The number of ether oxygens (including phenoxy) is 1. The Morgan fingerprint density at radius 2 is 1.95 bits per heavy atom. The van der Waals surface area contributed by atoms with Crippen LogP contribution in [0.2, 0.25) is 0 Å². The molecule has 2 aromatic carbocycles. The minimum absolute atomic E-state index is 0.749. The number of hydrogen-bond acceptors (Lipinski definition) is 2. The van der Waals surface area contributed by atoms with E-state index < -0.39 is 0 Å². The van der Waals surface area contributed by atoms with E-state index in [1.165, 1.54) is 36.6 Å². The number of fused-ring (bicyclic) bond motifs is 1. The second-order valence-corrected chi connectivity index (χ2v) is 6.09. The van der Waals surface area contributed by atoms with Crippen molar-refractivity contribution in [3.8, 4) is 5.75 Å². The third kappa shape index (κ3) is 3.76. The standard InChI is InChI=1S/C19H25NO/c1-16-7-4-5-12-20(16)13-6-14-21-19-11-10-17-8-2-3-9-18(17)15-19/h2-3,8-11,15-16H,4-7,12-14H2,1H3/t16-/m0/s1. The van der Waals surface area contributed by atoms with Crippen molar-refractivity contribution in [2.45, 2.75) is 38.6 Å². The van der Waals surface area contributed by atoms with Gasteiger partial charge in [-0.2, -0.15) is 0 Å². The molecule has 2 aromatic rings. The number of rotatable bonds is 5. The van der Waals surface area contributed by atoms with Crippen LogP contribution in [0, 0.1) is 0 Å². The molecule has 1 saturated heterocycles. The lowest BCUT2D eigenvalue weighted by Crippen LogP contribution is -2.38. The lowest BCUT2D eigenvalue weighted by Gasteiger charge is -2.33. The second kappa shape index (κ2) is 6.95. The van der Waals surface area contributed by atoms with Crippen molar-refractivity contribution in [1.29, 1.82) is 0 Å². The van der Waals surface area contributed by atoms with Crippen LogP contribution in [0.1, 0.15) is 32.6 Å². The van der Waals surface area contributed by atoms with Gasteiger partial charge < -0.3 is 9.64 Å². The summed E-state index contributed by atoms with van der Waals surface area (Å²) in [6.07, 6.45) is 5.21. The van der Waals surface area contributed by atoms with Crippen LogP contribution in [0.15, 0.2) is 42.5 Å². The Morgan fingerprint density at radius 1 is 1.10 bits per heavy atom. The molecular formula is C19H25NO. The largest absolute Gasteiger partial charge is 0.494 e. The van der Waals surface area contributed by atoms with Gasteiger partial charge in [0.1, 0.15) is 5.75 Å². The van der Waals surface area contributed by atoms with Gasteiger partial charge in [0.15, 0.2) is 0 Å². The van der Waals surface area contributed by atoms with Gasteiger partial charge in [-0.3, -0.25) is 0 Å². The molecule has 1 aliphatic heterocycles. The number of nitrogens with zero attached hydrogens (tertiary/aromatic N) is 1. The van der Waals surface area contributed by atoms with E-state index in [2.05, 4.69) is 54.3 Å². The van der Waals surface area contributed by atoms with Crippen LogP contribution < -0.4 is 4.74 Å². The summed E-state index contributed by atoms with van der Waals surface area (Å²) < 4.78 is 5.91. The number of hydrogen-bond donors (Lipinski definition) is 0. The van der Waals surface area contributed by atoms with E-state index in [0.29, 0.717) is 0 Å². The molecule has 0 saturated carbocycles. The van der Waals surface area contributed by atoms with E-state index in [1.807, 2.05) is 0 Å². The summed E-state index contributed by atoms with van der Waals surface area (Å²) in [6.45, 7) is 5.58. The Bertz CT molecular complexity index is 581. The fourth-order valence-electron chi connectivity index (χ4n) is 3.20. The van der Waals surface area contributed by atoms with E-state index in [9.17, 15) is 0 Å². The molecule has 0 bridgehead atoms. The highest BCUT2D eigenvalue weighted by atomic mass is 16.5. The van der Waals surface area contributed by atoms with Crippen LogP contribution >= 0.6 is 0 Å². The van der Waals surface area contributed by atoms with E-state index in [0.717, 1.165) is 31.4 Å². The SMILES string of the molecule is C[C@H]1CCCCN1CCCOc1ccc2ccccc2c1. The predicted molar refractivity (Wildman–Crippen MR) is 88.9 cm³/mol. The zero-order valence-corrected chi connectivity index (χ0v) is 12.9. The highest BCUT2D eigenvalue weighted by Crippen LogP contribution is 2.21. The highest BCUT2D eigenvalue weighted by molar-refractivity contribution is 5.83. The van der Waals surface area contributed by atoms with Crippen molar-refractivity contribution < 1.29 is 4.74 Å². The molecule has 0 unspecified atom stereocenters. The molecule has 0 spiro atoms. The van der Waals surface area contributed by atoms with Crippen molar-refractivity contribution >= 4 is 10.8 Å². The molecule has 0 amide bonds. The fourth-order valence-corrected chi connectivity index (χ4v) is 3.20. The summed E-state index contributed by atoms with van der Waals surface area (Å²) in [4.78, 5) is 2.60. The Kier molecular flexibility index (Phi) is 4.76. The summed E-state index contributed by atoms with van der Waals surface area (Å²) in [6, 6.07) is 15.5. The summed E-state index contributed by atoms with van der Waals surface area (Å²) in [5.41, 5.74) is 0. The van der Waals surface area contributed by atoms with Gasteiger partial charge in [-0.05, 0) is 55.6 Å². The Hall–Kier alpha value is -1.54. The third-order valence-corrected chi connectivity index (χ3v) is 4.52. The van der Waals surface area contributed by atoms with Gasteiger partial charge in [0.25, 0.3) is 0 Å². The second-order valence-electron chi connectivity index (χ2n) is 6.09. The van der Waals surface area contributed by atoms with Crippen molar-refractivity contribution in [3.63, 3.8) is 0 Å². The molecule has 3 rings (SSSR count). The maximum Gasteiger partial charge on any atom is 0.119 e. The first-order chi connectivity index (χ1) is 10.3. The van der Waals surface area contributed by atoms with Crippen LogP contribution in [0.25, 0.3) is 10.8 Å². The van der Waals surface area contributed by atoms with Gasteiger partial charge in [0.05, 0.1) is 6.61 Å². The maximum absolute atomic E-state index is 5.91. The van der Waals surface area contributed by atoms with Crippen LogP contribution in [-0.4, -0.2) is 30.6 Å². The maximum atomic E-state index is 5.91. The van der Waals surface area contributed by atoms with E-state index in [-0.39, 0.29) is 0 Å². The molecule has 0 N–H and O–H groups in total. The van der Waals surface area contributed by atoms with Crippen molar-refractivity contribution in [3.05, 3.63) is 42.5 Å². The van der Waals surface area contributed by atoms with Gasteiger partial charge in [-0.25, -0.2) is 0 Å². The molecule has 1 heterocycles. The first-order valence-corrected chi connectivity index (χ1v) is 8.18. The number of likely N-dealkylation sites (tertiary alicyclic amines) is 1. The van der Waals surface area contributed by atoms with Gasteiger partial charge in [0.2, 0.25) is 0 Å². The Morgan fingerprint density at radius 3 is 2.81 bits per heavy atom. The van der Waals surface area contributed by atoms with Crippen LogP contribution in [0.4, 0.5) is 0 Å². The normalized spacial score (nSPS) is 19.8. The number of piperidine rings is 1. The zero-order chi connectivity index (χ0) is 14.5. The zero-order valence-electron chi connectivity index (χ0n) is 12.9. The van der Waals surface area contributed by atoms with Gasteiger partial charge >= 0.3 is 0 Å². The predicted octanol–water partition coefficient (Wildman–Crippen LogP) is 4.48. The lowest BCUT2D eigenvalue weighted by atomic mass is 10.0. The minimum atomic E-state index is 0.749. The van der Waals surface area contributed by atoms with Crippen LogP contribution in [-0.2, 0) is 0 Å². The number of benzene rings is 2.